The Hall–Kier alpha value is -1.58. The molecular formula is C13H11F3IN3O. The van der Waals surface area contributed by atoms with Gasteiger partial charge < -0.3 is 10.1 Å². The number of anilines is 1. The molecule has 0 saturated carbocycles. The molecule has 0 amide bonds. The van der Waals surface area contributed by atoms with Crippen LogP contribution < -0.4 is 10.1 Å². The van der Waals surface area contributed by atoms with Crippen molar-refractivity contribution in [2.24, 2.45) is 0 Å². The third-order valence-electron chi connectivity index (χ3n) is 2.44. The van der Waals surface area contributed by atoms with Gasteiger partial charge in [-0.15, -0.1) is 13.2 Å². The molecule has 1 aromatic carbocycles. The molecule has 2 rings (SSSR count). The fourth-order valence-corrected chi connectivity index (χ4v) is 2.10. The molecule has 1 heterocycles. The molecular weight excluding hydrogens is 398 g/mol. The van der Waals surface area contributed by atoms with E-state index in [1.54, 1.807) is 12.3 Å². The molecule has 1 aromatic heterocycles. The van der Waals surface area contributed by atoms with Crippen LogP contribution in [0.15, 0.2) is 30.5 Å². The smallest absolute Gasteiger partial charge is 0.405 e. The number of halogens is 4. The first-order chi connectivity index (χ1) is 9.90. The van der Waals surface area contributed by atoms with Crippen molar-refractivity contribution >= 4 is 28.4 Å². The Morgan fingerprint density at radius 2 is 2.00 bits per heavy atom. The number of rotatable bonds is 4. The molecule has 0 aliphatic carbocycles. The van der Waals surface area contributed by atoms with Crippen LogP contribution in [0.4, 0.5) is 19.0 Å². The van der Waals surface area contributed by atoms with Crippen LogP contribution in [0, 0.1) is 3.57 Å². The number of aromatic nitrogens is 2. The monoisotopic (exact) mass is 409 g/mol. The first-order valence-electron chi connectivity index (χ1n) is 6.02. The fourth-order valence-electron chi connectivity index (χ4n) is 1.65. The van der Waals surface area contributed by atoms with Gasteiger partial charge in [-0.25, -0.2) is 9.97 Å². The van der Waals surface area contributed by atoms with Gasteiger partial charge in [0.1, 0.15) is 11.6 Å². The number of nitrogens with zero attached hydrogens (tertiary/aromatic N) is 2. The molecule has 4 nitrogen and oxygen atoms in total. The zero-order chi connectivity index (χ0) is 15.5. The van der Waals surface area contributed by atoms with Crippen LogP contribution in [0.3, 0.4) is 0 Å². The molecule has 0 fully saturated rings. The van der Waals surface area contributed by atoms with E-state index < -0.39 is 6.36 Å². The van der Waals surface area contributed by atoms with Gasteiger partial charge in [0, 0.05) is 12.7 Å². The summed E-state index contributed by atoms with van der Waals surface area (Å²) >= 11 is 2.05. The summed E-state index contributed by atoms with van der Waals surface area (Å²) in [5.74, 6) is 0.421. The predicted octanol–water partition coefficient (Wildman–Crippen LogP) is 4.08. The van der Waals surface area contributed by atoms with E-state index in [4.69, 9.17) is 0 Å². The van der Waals surface area contributed by atoms with E-state index in [-0.39, 0.29) is 17.1 Å². The minimum absolute atomic E-state index is 0.172. The maximum atomic E-state index is 12.4. The van der Waals surface area contributed by atoms with Crippen molar-refractivity contribution in [2.45, 2.75) is 13.3 Å². The molecule has 0 radical (unpaired) electrons. The van der Waals surface area contributed by atoms with Crippen molar-refractivity contribution in [3.8, 4) is 17.1 Å². The van der Waals surface area contributed by atoms with Crippen LogP contribution in [0.2, 0.25) is 0 Å². The van der Waals surface area contributed by atoms with Crippen molar-refractivity contribution in [2.75, 3.05) is 11.9 Å². The maximum Gasteiger partial charge on any atom is 0.573 e. The summed E-state index contributed by atoms with van der Waals surface area (Å²) in [4.78, 5) is 8.32. The van der Waals surface area contributed by atoms with E-state index in [9.17, 15) is 13.2 Å². The Morgan fingerprint density at radius 1 is 1.29 bits per heavy atom. The molecule has 0 unspecified atom stereocenters. The lowest BCUT2D eigenvalue weighted by molar-refractivity contribution is -0.274. The molecule has 2 aromatic rings. The molecule has 21 heavy (non-hydrogen) atoms. The number of nitrogens with one attached hydrogen (secondary N) is 1. The Bertz CT molecular complexity index is 634. The SMILES string of the molecule is CCNc1nc(-c2ccccc2OC(F)(F)F)ncc1I. The zero-order valence-electron chi connectivity index (χ0n) is 10.9. The normalized spacial score (nSPS) is 11.3. The summed E-state index contributed by atoms with van der Waals surface area (Å²) in [6.45, 7) is 2.55. The molecule has 8 heteroatoms. The van der Waals surface area contributed by atoms with E-state index in [1.165, 1.54) is 18.2 Å². The van der Waals surface area contributed by atoms with E-state index in [0.717, 1.165) is 3.57 Å². The number of hydrogen-bond donors (Lipinski definition) is 1. The lowest BCUT2D eigenvalue weighted by atomic mass is 10.2. The second-order valence-electron chi connectivity index (χ2n) is 3.96. The van der Waals surface area contributed by atoms with Gasteiger partial charge in [-0.1, -0.05) is 12.1 Å². The standard InChI is InChI=1S/C13H11F3IN3O/c1-2-18-12-9(17)7-19-11(20-12)8-5-3-4-6-10(8)21-13(14,15)16/h3-7H,2H2,1H3,(H,18,19,20). The summed E-state index contributed by atoms with van der Waals surface area (Å²) in [5.41, 5.74) is 0.186. The van der Waals surface area contributed by atoms with Crippen molar-refractivity contribution in [1.29, 1.82) is 0 Å². The second-order valence-corrected chi connectivity index (χ2v) is 5.13. The summed E-state index contributed by atoms with van der Waals surface area (Å²) < 4.78 is 42.1. The Labute approximate surface area is 132 Å². The molecule has 0 atom stereocenters. The number of alkyl halides is 3. The first kappa shape index (κ1) is 15.8. The molecule has 0 aliphatic rings. The van der Waals surface area contributed by atoms with Gasteiger partial charge in [0.05, 0.1) is 9.13 Å². The maximum absolute atomic E-state index is 12.4. The van der Waals surface area contributed by atoms with Gasteiger partial charge in [0.15, 0.2) is 5.82 Å². The van der Waals surface area contributed by atoms with E-state index in [1.807, 2.05) is 6.92 Å². The van der Waals surface area contributed by atoms with Gasteiger partial charge >= 0.3 is 6.36 Å². The van der Waals surface area contributed by atoms with Crippen molar-refractivity contribution in [1.82, 2.24) is 9.97 Å². The minimum Gasteiger partial charge on any atom is -0.405 e. The quantitative estimate of drug-likeness (QED) is 0.774. The zero-order valence-corrected chi connectivity index (χ0v) is 13.1. The van der Waals surface area contributed by atoms with Crippen LogP contribution in [0.5, 0.6) is 5.75 Å². The lowest BCUT2D eigenvalue weighted by Crippen LogP contribution is -2.17. The fraction of sp³-hybridized carbons (Fsp3) is 0.231. The highest BCUT2D eigenvalue weighted by Gasteiger charge is 2.32. The largest absolute Gasteiger partial charge is 0.573 e. The highest BCUT2D eigenvalue weighted by molar-refractivity contribution is 14.1. The van der Waals surface area contributed by atoms with Crippen LogP contribution in [-0.4, -0.2) is 22.9 Å². The van der Waals surface area contributed by atoms with Gasteiger partial charge in [-0.05, 0) is 41.6 Å². The molecule has 0 aliphatic heterocycles. The third-order valence-corrected chi connectivity index (χ3v) is 3.23. The average molecular weight is 409 g/mol. The molecule has 0 spiro atoms. The molecule has 112 valence electrons. The van der Waals surface area contributed by atoms with E-state index in [2.05, 4.69) is 42.6 Å². The Morgan fingerprint density at radius 3 is 2.67 bits per heavy atom. The van der Waals surface area contributed by atoms with Crippen LogP contribution in [0.25, 0.3) is 11.4 Å². The first-order valence-corrected chi connectivity index (χ1v) is 7.10. The van der Waals surface area contributed by atoms with Gasteiger partial charge in [-0.3, -0.25) is 0 Å². The topological polar surface area (TPSA) is 47.0 Å². The third kappa shape index (κ3) is 4.19. The highest BCUT2D eigenvalue weighted by atomic mass is 127. The number of ether oxygens (including phenoxy) is 1. The van der Waals surface area contributed by atoms with Gasteiger partial charge in [0.25, 0.3) is 0 Å². The predicted molar refractivity (Wildman–Crippen MR) is 81.0 cm³/mol. The molecule has 1 N–H and O–H groups in total. The Kier molecular flexibility index (Phi) is 4.86. The average Bonchev–Trinajstić information content (AvgIpc) is 2.40. The van der Waals surface area contributed by atoms with E-state index >= 15 is 0 Å². The van der Waals surface area contributed by atoms with Gasteiger partial charge in [0.2, 0.25) is 0 Å². The van der Waals surface area contributed by atoms with Crippen molar-refractivity contribution in [3.63, 3.8) is 0 Å². The van der Waals surface area contributed by atoms with E-state index in [0.29, 0.717) is 12.4 Å². The molecule has 0 bridgehead atoms. The van der Waals surface area contributed by atoms with Crippen LogP contribution in [0.1, 0.15) is 6.92 Å². The second kappa shape index (κ2) is 6.46. The lowest BCUT2D eigenvalue weighted by Gasteiger charge is -2.13. The van der Waals surface area contributed by atoms with Crippen molar-refractivity contribution < 1.29 is 17.9 Å². The minimum atomic E-state index is -4.76. The molecule has 0 saturated heterocycles. The summed E-state index contributed by atoms with van der Waals surface area (Å²) in [6.07, 6.45) is -3.21. The number of benzene rings is 1. The Balaban J connectivity index is 2.44. The summed E-state index contributed by atoms with van der Waals surface area (Å²) in [6, 6.07) is 5.78. The van der Waals surface area contributed by atoms with Gasteiger partial charge in [-0.2, -0.15) is 0 Å². The summed E-state index contributed by atoms with van der Waals surface area (Å²) in [7, 11) is 0. The van der Waals surface area contributed by atoms with Crippen molar-refractivity contribution in [3.05, 3.63) is 34.0 Å². The number of hydrogen-bond acceptors (Lipinski definition) is 4. The summed E-state index contributed by atoms with van der Waals surface area (Å²) in [5, 5.41) is 3.03. The van der Waals surface area contributed by atoms with Crippen LogP contribution in [-0.2, 0) is 0 Å². The highest BCUT2D eigenvalue weighted by Crippen LogP contribution is 2.32. The van der Waals surface area contributed by atoms with Crippen LogP contribution >= 0.6 is 22.6 Å². The number of para-hydroxylation sites is 1.